The molecule has 0 fully saturated rings. The molecule has 19 heavy (non-hydrogen) atoms. The molecule has 1 N–H and O–H groups in total. The number of halogens is 2. The first kappa shape index (κ1) is 14.2. The standard InChI is InChI=1S/C16H16BrFO/c1-16(19,10-12-4-2-6-14(17)8-12)11-13-5-3-7-15(18)9-13/h2-9,19H,10-11H2,1H3. The molecule has 0 spiro atoms. The zero-order chi connectivity index (χ0) is 13.9. The van der Waals surface area contributed by atoms with Crippen LogP contribution in [-0.4, -0.2) is 10.7 Å². The van der Waals surface area contributed by atoms with Gasteiger partial charge in [0.2, 0.25) is 0 Å². The quantitative estimate of drug-likeness (QED) is 0.897. The first-order valence-corrected chi connectivity index (χ1v) is 6.95. The molecule has 0 amide bonds. The second-order valence-corrected chi connectivity index (χ2v) is 6.03. The van der Waals surface area contributed by atoms with E-state index < -0.39 is 5.60 Å². The predicted molar refractivity (Wildman–Crippen MR) is 78.6 cm³/mol. The molecular formula is C16H16BrFO. The van der Waals surface area contributed by atoms with E-state index >= 15 is 0 Å². The highest BCUT2D eigenvalue weighted by Gasteiger charge is 2.21. The Hall–Kier alpha value is -1.19. The molecule has 1 nitrogen and oxygen atoms in total. The Morgan fingerprint density at radius 3 is 2.21 bits per heavy atom. The van der Waals surface area contributed by atoms with E-state index in [1.807, 2.05) is 30.3 Å². The summed E-state index contributed by atoms with van der Waals surface area (Å²) < 4.78 is 14.1. The van der Waals surface area contributed by atoms with Gasteiger partial charge in [-0.15, -0.1) is 0 Å². The van der Waals surface area contributed by atoms with Crippen molar-refractivity contribution in [2.24, 2.45) is 0 Å². The fourth-order valence-electron chi connectivity index (χ4n) is 2.24. The van der Waals surface area contributed by atoms with Gasteiger partial charge >= 0.3 is 0 Å². The molecule has 2 rings (SSSR count). The van der Waals surface area contributed by atoms with Crippen molar-refractivity contribution < 1.29 is 9.50 Å². The molecule has 3 heteroatoms. The van der Waals surface area contributed by atoms with Crippen molar-refractivity contribution in [1.82, 2.24) is 0 Å². The third kappa shape index (κ3) is 4.44. The van der Waals surface area contributed by atoms with Gasteiger partial charge < -0.3 is 5.11 Å². The monoisotopic (exact) mass is 322 g/mol. The van der Waals surface area contributed by atoms with Crippen LogP contribution in [0.1, 0.15) is 18.1 Å². The average Bonchev–Trinajstić information content (AvgIpc) is 2.27. The van der Waals surface area contributed by atoms with Crippen molar-refractivity contribution >= 4 is 15.9 Å². The van der Waals surface area contributed by atoms with Crippen molar-refractivity contribution in [3.8, 4) is 0 Å². The van der Waals surface area contributed by atoms with Gasteiger partial charge in [0, 0.05) is 17.3 Å². The summed E-state index contributed by atoms with van der Waals surface area (Å²) in [6.07, 6.45) is 0.959. The van der Waals surface area contributed by atoms with Gasteiger partial charge in [-0.3, -0.25) is 0 Å². The van der Waals surface area contributed by atoms with E-state index in [0.29, 0.717) is 12.8 Å². The molecule has 0 aromatic heterocycles. The average molecular weight is 323 g/mol. The fourth-order valence-corrected chi connectivity index (χ4v) is 2.68. The zero-order valence-electron chi connectivity index (χ0n) is 10.7. The Morgan fingerprint density at radius 1 is 1.05 bits per heavy atom. The minimum atomic E-state index is -0.894. The smallest absolute Gasteiger partial charge is 0.123 e. The second-order valence-electron chi connectivity index (χ2n) is 5.11. The summed E-state index contributed by atoms with van der Waals surface area (Å²) in [6.45, 7) is 1.78. The maximum Gasteiger partial charge on any atom is 0.123 e. The predicted octanol–water partition coefficient (Wildman–Crippen LogP) is 4.12. The number of aliphatic hydroxyl groups is 1. The zero-order valence-corrected chi connectivity index (χ0v) is 12.3. The lowest BCUT2D eigenvalue weighted by atomic mass is 9.90. The lowest BCUT2D eigenvalue weighted by Crippen LogP contribution is -2.30. The van der Waals surface area contributed by atoms with E-state index in [1.165, 1.54) is 12.1 Å². The van der Waals surface area contributed by atoms with Crippen LogP contribution in [-0.2, 0) is 12.8 Å². The van der Waals surface area contributed by atoms with Gasteiger partial charge in [-0.25, -0.2) is 4.39 Å². The molecule has 0 aliphatic carbocycles. The fraction of sp³-hybridized carbons (Fsp3) is 0.250. The van der Waals surface area contributed by atoms with Crippen molar-refractivity contribution in [1.29, 1.82) is 0 Å². The Labute approximate surface area is 121 Å². The van der Waals surface area contributed by atoms with Gasteiger partial charge in [0.05, 0.1) is 5.60 Å². The van der Waals surface area contributed by atoms with Crippen LogP contribution in [0.25, 0.3) is 0 Å². The minimum absolute atomic E-state index is 0.268. The highest BCUT2D eigenvalue weighted by Crippen LogP contribution is 2.21. The van der Waals surface area contributed by atoms with Crippen molar-refractivity contribution in [3.63, 3.8) is 0 Å². The molecule has 1 unspecified atom stereocenters. The van der Waals surface area contributed by atoms with E-state index in [2.05, 4.69) is 15.9 Å². The largest absolute Gasteiger partial charge is 0.389 e. The molecule has 0 heterocycles. The molecule has 0 aliphatic heterocycles. The van der Waals surface area contributed by atoms with E-state index in [4.69, 9.17) is 0 Å². The lowest BCUT2D eigenvalue weighted by molar-refractivity contribution is 0.0608. The maximum atomic E-state index is 13.1. The summed E-state index contributed by atoms with van der Waals surface area (Å²) in [6, 6.07) is 14.2. The van der Waals surface area contributed by atoms with E-state index in [0.717, 1.165) is 15.6 Å². The van der Waals surface area contributed by atoms with Crippen LogP contribution in [0.2, 0.25) is 0 Å². The van der Waals surface area contributed by atoms with Crippen LogP contribution in [0, 0.1) is 5.82 Å². The van der Waals surface area contributed by atoms with E-state index in [-0.39, 0.29) is 5.82 Å². The molecule has 0 saturated carbocycles. The third-order valence-electron chi connectivity index (χ3n) is 2.95. The summed E-state index contributed by atoms with van der Waals surface area (Å²) in [4.78, 5) is 0. The van der Waals surface area contributed by atoms with Gasteiger partial charge in [0.1, 0.15) is 5.82 Å². The van der Waals surface area contributed by atoms with Crippen LogP contribution in [0.4, 0.5) is 4.39 Å². The molecular weight excluding hydrogens is 307 g/mol. The van der Waals surface area contributed by atoms with Gasteiger partial charge in [-0.05, 0) is 42.3 Å². The first-order chi connectivity index (χ1) is 8.94. The minimum Gasteiger partial charge on any atom is -0.389 e. The van der Waals surface area contributed by atoms with Crippen molar-refractivity contribution in [2.45, 2.75) is 25.4 Å². The topological polar surface area (TPSA) is 20.2 Å². The number of hydrogen-bond donors (Lipinski definition) is 1. The molecule has 0 radical (unpaired) electrons. The van der Waals surface area contributed by atoms with Crippen LogP contribution < -0.4 is 0 Å². The Morgan fingerprint density at radius 2 is 1.63 bits per heavy atom. The number of benzene rings is 2. The Bertz CT molecular complexity index is 517. The maximum absolute atomic E-state index is 13.1. The third-order valence-corrected chi connectivity index (χ3v) is 3.44. The Balaban J connectivity index is 2.10. The normalized spacial score (nSPS) is 14.1. The van der Waals surface area contributed by atoms with Gasteiger partial charge in [-0.1, -0.05) is 40.2 Å². The summed E-state index contributed by atoms with van der Waals surface area (Å²) in [5.41, 5.74) is 0.963. The molecule has 0 bridgehead atoms. The van der Waals surface area contributed by atoms with Crippen LogP contribution in [0.3, 0.4) is 0 Å². The molecule has 2 aromatic rings. The highest BCUT2D eigenvalue weighted by atomic mass is 79.9. The molecule has 100 valence electrons. The van der Waals surface area contributed by atoms with Gasteiger partial charge in [-0.2, -0.15) is 0 Å². The summed E-state index contributed by atoms with van der Waals surface area (Å²) in [5, 5.41) is 10.5. The molecule has 2 aromatic carbocycles. The van der Waals surface area contributed by atoms with Gasteiger partial charge in [0.25, 0.3) is 0 Å². The summed E-state index contributed by atoms with van der Waals surface area (Å²) in [7, 11) is 0. The molecule has 0 saturated heterocycles. The van der Waals surface area contributed by atoms with Crippen molar-refractivity contribution in [2.75, 3.05) is 0 Å². The SMILES string of the molecule is CC(O)(Cc1cccc(F)c1)Cc1cccc(Br)c1. The molecule has 0 aliphatic rings. The number of rotatable bonds is 4. The lowest BCUT2D eigenvalue weighted by Gasteiger charge is -2.23. The van der Waals surface area contributed by atoms with E-state index in [9.17, 15) is 9.50 Å². The first-order valence-electron chi connectivity index (χ1n) is 6.16. The molecule has 1 atom stereocenters. The van der Waals surface area contributed by atoms with E-state index in [1.54, 1.807) is 13.0 Å². The highest BCUT2D eigenvalue weighted by molar-refractivity contribution is 9.10. The van der Waals surface area contributed by atoms with Crippen molar-refractivity contribution in [3.05, 3.63) is 69.9 Å². The van der Waals surface area contributed by atoms with Crippen LogP contribution in [0.15, 0.2) is 53.0 Å². The summed E-state index contributed by atoms with van der Waals surface area (Å²) in [5.74, 6) is -0.268. The number of hydrogen-bond acceptors (Lipinski definition) is 1. The van der Waals surface area contributed by atoms with Crippen LogP contribution in [0.5, 0.6) is 0 Å². The Kier molecular flexibility index (Phi) is 4.38. The van der Waals surface area contributed by atoms with Gasteiger partial charge in [0.15, 0.2) is 0 Å². The van der Waals surface area contributed by atoms with Crippen LogP contribution >= 0.6 is 15.9 Å². The second kappa shape index (κ2) is 5.85. The summed E-state index contributed by atoms with van der Waals surface area (Å²) >= 11 is 3.41.